The zero-order valence-corrected chi connectivity index (χ0v) is 15.7. The minimum absolute atomic E-state index is 0.864. The maximum absolute atomic E-state index is 4.78. The van der Waals surface area contributed by atoms with Crippen LogP contribution in [0.3, 0.4) is 0 Å². The van der Waals surface area contributed by atoms with Gasteiger partial charge in [0.25, 0.3) is 0 Å². The lowest BCUT2D eigenvalue weighted by atomic mass is 9.85. The molecular formula is C21H32N4. The number of aryl methyl sites for hydroxylation is 2. The molecule has 0 N–H and O–H groups in total. The van der Waals surface area contributed by atoms with Gasteiger partial charge in [-0.05, 0) is 69.3 Å². The van der Waals surface area contributed by atoms with Gasteiger partial charge >= 0.3 is 0 Å². The van der Waals surface area contributed by atoms with Gasteiger partial charge in [-0.25, -0.2) is 4.98 Å². The Morgan fingerprint density at radius 1 is 1.08 bits per heavy atom. The summed E-state index contributed by atoms with van der Waals surface area (Å²) in [6.45, 7) is 3.79. The van der Waals surface area contributed by atoms with Gasteiger partial charge < -0.3 is 4.90 Å². The van der Waals surface area contributed by atoms with Gasteiger partial charge in [0.05, 0.1) is 5.69 Å². The lowest BCUT2D eigenvalue weighted by molar-refractivity contribution is 0.333. The molecular weight excluding hydrogens is 308 g/mol. The lowest BCUT2D eigenvalue weighted by Gasteiger charge is -2.21. The fourth-order valence-corrected chi connectivity index (χ4v) is 4.75. The first-order valence-electron chi connectivity index (χ1n) is 10.3. The summed E-state index contributed by atoms with van der Waals surface area (Å²) in [5.74, 6) is 0.864. The molecule has 1 saturated carbocycles. The number of rotatable bonds is 6. The SMILES string of the molecule is Cn1nc(CCCN2CCCC2)c2cc(CC3CCCCC3)cnc21. The van der Waals surface area contributed by atoms with Gasteiger partial charge in [-0.2, -0.15) is 5.10 Å². The monoisotopic (exact) mass is 340 g/mol. The second-order valence-corrected chi connectivity index (χ2v) is 8.15. The van der Waals surface area contributed by atoms with Crippen molar-refractivity contribution in [2.24, 2.45) is 13.0 Å². The predicted molar refractivity (Wildman–Crippen MR) is 103 cm³/mol. The zero-order chi connectivity index (χ0) is 17.1. The molecule has 2 aromatic heterocycles. The summed E-state index contributed by atoms with van der Waals surface area (Å²) in [6.07, 6.45) is 15.4. The number of hydrogen-bond donors (Lipinski definition) is 0. The third kappa shape index (κ3) is 4.05. The molecule has 0 unspecified atom stereocenters. The minimum Gasteiger partial charge on any atom is -0.303 e. The van der Waals surface area contributed by atoms with Crippen LogP contribution in [-0.2, 0) is 19.9 Å². The molecule has 2 aliphatic rings. The van der Waals surface area contributed by atoms with Crippen LogP contribution in [-0.4, -0.2) is 39.3 Å². The molecule has 4 nitrogen and oxygen atoms in total. The van der Waals surface area contributed by atoms with Crippen LogP contribution in [0.15, 0.2) is 12.3 Å². The molecule has 4 rings (SSSR count). The van der Waals surface area contributed by atoms with E-state index in [-0.39, 0.29) is 0 Å². The van der Waals surface area contributed by atoms with Gasteiger partial charge in [0.15, 0.2) is 5.65 Å². The summed E-state index contributed by atoms with van der Waals surface area (Å²) in [4.78, 5) is 7.34. The van der Waals surface area contributed by atoms with Crippen LogP contribution in [0.2, 0.25) is 0 Å². The van der Waals surface area contributed by atoms with E-state index in [9.17, 15) is 0 Å². The molecule has 0 bridgehead atoms. The van der Waals surface area contributed by atoms with Crippen LogP contribution >= 0.6 is 0 Å². The van der Waals surface area contributed by atoms with E-state index in [2.05, 4.69) is 17.2 Å². The van der Waals surface area contributed by atoms with Crippen LogP contribution < -0.4 is 0 Å². The van der Waals surface area contributed by atoms with Crippen LogP contribution in [0.5, 0.6) is 0 Å². The average molecular weight is 341 g/mol. The first-order chi connectivity index (χ1) is 12.3. The van der Waals surface area contributed by atoms with Crippen LogP contribution in [0.1, 0.15) is 62.6 Å². The summed E-state index contributed by atoms with van der Waals surface area (Å²) in [7, 11) is 2.03. The highest BCUT2D eigenvalue weighted by Crippen LogP contribution is 2.28. The van der Waals surface area contributed by atoms with Gasteiger partial charge in [0.2, 0.25) is 0 Å². The smallest absolute Gasteiger partial charge is 0.157 e. The van der Waals surface area contributed by atoms with E-state index in [4.69, 9.17) is 10.1 Å². The second kappa shape index (κ2) is 7.86. The molecule has 0 aromatic carbocycles. The summed E-state index contributed by atoms with van der Waals surface area (Å²) >= 11 is 0. The van der Waals surface area contributed by atoms with Crippen LogP contribution in [0.4, 0.5) is 0 Å². The van der Waals surface area contributed by atoms with Crippen molar-refractivity contribution >= 4 is 11.0 Å². The summed E-state index contributed by atoms with van der Waals surface area (Å²) in [5, 5.41) is 6.07. The third-order valence-electron chi connectivity index (χ3n) is 6.15. The Morgan fingerprint density at radius 3 is 2.68 bits per heavy atom. The van der Waals surface area contributed by atoms with Gasteiger partial charge in [-0.15, -0.1) is 0 Å². The maximum atomic E-state index is 4.78. The molecule has 0 radical (unpaired) electrons. The van der Waals surface area contributed by atoms with Crippen molar-refractivity contribution in [2.45, 2.75) is 64.2 Å². The van der Waals surface area contributed by atoms with E-state index in [0.29, 0.717) is 0 Å². The Morgan fingerprint density at radius 2 is 1.88 bits per heavy atom. The Labute approximate surface area is 151 Å². The van der Waals surface area contributed by atoms with Crippen molar-refractivity contribution in [3.63, 3.8) is 0 Å². The van der Waals surface area contributed by atoms with E-state index in [0.717, 1.165) is 18.0 Å². The highest BCUT2D eigenvalue weighted by Gasteiger charge is 2.17. The molecule has 136 valence electrons. The Hall–Kier alpha value is -1.42. The van der Waals surface area contributed by atoms with E-state index in [1.807, 2.05) is 11.7 Å². The molecule has 2 fully saturated rings. The number of aromatic nitrogens is 3. The fourth-order valence-electron chi connectivity index (χ4n) is 4.75. The molecule has 4 heteroatoms. The van der Waals surface area contributed by atoms with Gasteiger partial charge in [-0.3, -0.25) is 4.68 Å². The predicted octanol–water partition coefficient (Wildman–Crippen LogP) is 4.12. The zero-order valence-electron chi connectivity index (χ0n) is 15.7. The van der Waals surface area contributed by atoms with Crippen LogP contribution in [0.25, 0.3) is 11.0 Å². The molecule has 2 aromatic rings. The van der Waals surface area contributed by atoms with Crippen molar-refractivity contribution in [1.29, 1.82) is 0 Å². The standard InChI is InChI=1S/C21H32N4/c1-24-21-19(20(23-24)10-7-13-25-11-5-6-12-25)15-18(16-22-21)14-17-8-3-2-4-9-17/h15-17H,2-14H2,1H3. The van der Waals surface area contributed by atoms with Crippen molar-refractivity contribution in [3.8, 4) is 0 Å². The highest BCUT2D eigenvalue weighted by atomic mass is 15.3. The largest absolute Gasteiger partial charge is 0.303 e. The van der Waals surface area contributed by atoms with Gasteiger partial charge in [-0.1, -0.05) is 32.1 Å². The quantitative estimate of drug-likeness (QED) is 0.793. The molecule has 3 heterocycles. The molecule has 1 aliphatic carbocycles. The molecule has 25 heavy (non-hydrogen) atoms. The minimum atomic E-state index is 0.864. The second-order valence-electron chi connectivity index (χ2n) is 8.15. The number of pyridine rings is 1. The number of nitrogens with zero attached hydrogens (tertiary/aromatic N) is 4. The Balaban J connectivity index is 1.45. The molecule has 1 saturated heterocycles. The Bertz CT molecular complexity index is 693. The molecule has 0 atom stereocenters. The number of likely N-dealkylation sites (tertiary alicyclic amines) is 1. The Kier molecular flexibility index (Phi) is 5.35. The summed E-state index contributed by atoms with van der Waals surface area (Å²) in [6, 6.07) is 2.38. The van der Waals surface area contributed by atoms with E-state index < -0.39 is 0 Å². The molecule has 0 amide bonds. The van der Waals surface area contributed by atoms with Crippen molar-refractivity contribution < 1.29 is 0 Å². The maximum Gasteiger partial charge on any atom is 0.157 e. The first-order valence-corrected chi connectivity index (χ1v) is 10.3. The lowest BCUT2D eigenvalue weighted by Crippen LogP contribution is -2.20. The van der Waals surface area contributed by atoms with Crippen molar-refractivity contribution in [3.05, 3.63) is 23.5 Å². The number of hydrogen-bond acceptors (Lipinski definition) is 3. The van der Waals surface area contributed by atoms with Gasteiger partial charge in [0.1, 0.15) is 0 Å². The molecule has 1 aliphatic heterocycles. The highest BCUT2D eigenvalue weighted by molar-refractivity contribution is 5.78. The van der Waals surface area contributed by atoms with Crippen molar-refractivity contribution in [2.75, 3.05) is 19.6 Å². The van der Waals surface area contributed by atoms with E-state index in [1.165, 1.54) is 94.1 Å². The molecule has 0 spiro atoms. The topological polar surface area (TPSA) is 34.0 Å². The normalized spacial score (nSPS) is 19.9. The summed E-state index contributed by atoms with van der Waals surface area (Å²) in [5.41, 5.74) is 3.70. The van der Waals surface area contributed by atoms with Crippen molar-refractivity contribution in [1.82, 2.24) is 19.7 Å². The first kappa shape index (κ1) is 17.0. The summed E-state index contributed by atoms with van der Waals surface area (Å²) < 4.78 is 1.96. The van der Waals surface area contributed by atoms with E-state index >= 15 is 0 Å². The third-order valence-corrected chi connectivity index (χ3v) is 6.15. The fraction of sp³-hybridized carbons (Fsp3) is 0.714. The van der Waals surface area contributed by atoms with E-state index in [1.54, 1.807) is 0 Å². The van der Waals surface area contributed by atoms with Gasteiger partial charge in [0, 0.05) is 18.6 Å². The van der Waals surface area contributed by atoms with Crippen LogP contribution in [0, 0.1) is 5.92 Å². The number of fused-ring (bicyclic) bond motifs is 1. The average Bonchev–Trinajstić information content (AvgIpc) is 3.25.